The van der Waals surface area contributed by atoms with Crippen LogP contribution in [0.2, 0.25) is 0 Å². The minimum absolute atomic E-state index is 0.124. The van der Waals surface area contributed by atoms with E-state index in [1.807, 2.05) is 30.3 Å². The summed E-state index contributed by atoms with van der Waals surface area (Å²) in [7, 11) is 0. The lowest BCUT2D eigenvalue weighted by Crippen LogP contribution is -2.50. The number of amides is 2. The minimum atomic E-state index is -0.567. The Kier molecular flexibility index (Phi) is 3.86. The molecule has 4 bridgehead atoms. The first-order valence-corrected chi connectivity index (χ1v) is 9.18. The third-order valence-corrected chi connectivity index (χ3v) is 6.54. The molecule has 2 amide bonds. The molecule has 0 heterocycles. The van der Waals surface area contributed by atoms with Crippen LogP contribution in [0.15, 0.2) is 30.3 Å². The summed E-state index contributed by atoms with van der Waals surface area (Å²) in [5, 5.41) is 2.78. The Morgan fingerprint density at radius 2 is 1.58 bits per heavy atom. The van der Waals surface area contributed by atoms with Gasteiger partial charge in [-0.05, 0) is 61.8 Å². The van der Waals surface area contributed by atoms with Crippen LogP contribution in [0.1, 0.15) is 56.6 Å². The zero-order chi connectivity index (χ0) is 16.7. The van der Waals surface area contributed by atoms with Crippen molar-refractivity contribution in [1.82, 2.24) is 5.32 Å². The van der Waals surface area contributed by atoms with E-state index in [0.717, 1.165) is 42.6 Å². The molecule has 0 aromatic heterocycles. The molecule has 3 N–H and O–H groups in total. The van der Waals surface area contributed by atoms with Gasteiger partial charge < -0.3 is 11.1 Å². The van der Waals surface area contributed by atoms with Gasteiger partial charge in [0.1, 0.15) is 5.78 Å². The summed E-state index contributed by atoms with van der Waals surface area (Å²) in [6.45, 7) is 0. The number of nitrogens with one attached hydrogen (secondary N) is 1. The first-order chi connectivity index (χ1) is 11.5. The predicted octanol–water partition coefficient (Wildman–Crippen LogP) is 3.57. The van der Waals surface area contributed by atoms with Crippen LogP contribution in [0.5, 0.6) is 0 Å². The van der Waals surface area contributed by atoms with Crippen molar-refractivity contribution in [2.75, 3.05) is 0 Å². The molecule has 4 saturated carbocycles. The summed E-state index contributed by atoms with van der Waals surface area (Å²) in [6.07, 6.45) is 7.54. The van der Waals surface area contributed by atoms with E-state index in [1.54, 1.807) is 0 Å². The molecule has 4 fully saturated rings. The van der Waals surface area contributed by atoms with Crippen molar-refractivity contribution in [2.45, 2.75) is 51.0 Å². The van der Waals surface area contributed by atoms with Crippen LogP contribution >= 0.6 is 0 Å². The lowest BCUT2D eigenvalue weighted by atomic mass is 9.48. The zero-order valence-corrected chi connectivity index (χ0v) is 14.0. The molecule has 1 atom stereocenters. The maximum absolute atomic E-state index is 13.3. The predicted molar refractivity (Wildman–Crippen MR) is 92.1 cm³/mol. The number of ketones is 1. The van der Waals surface area contributed by atoms with Crippen molar-refractivity contribution >= 4 is 11.8 Å². The zero-order valence-electron chi connectivity index (χ0n) is 14.0. The fourth-order valence-electron chi connectivity index (χ4n) is 5.96. The number of rotatable bonds is 5. The molecule has 1 aromatic rings. The average Bonchev–Trinajstić information content (AvgIpc) is 2.53. The fraction of sp³-hybridized carbons (Fsp3) is 0.600. The molecule has 1 aromatic carbocycles. The summed E-state index contributed by atoms with van der Waals surface area (Å²) >= 11 is 0. The SMILES string of the molecule is NC(=O)NC(CC(=O)C12CC3CC(CC(C3)C1)C2)c1ccccc1. The average molecular weight is 326 g/mol. The van der Waals surface area contributed by atoms with Gasteiger partial charge in [0.25, 0.3) is 0 Å². The van der Waals surface area contributed by atoms with Crippen LogP contribution in [-0.2, 0) is 4.79 Å². The van der Waals surface area contributed by atoms with Crippen LogP contribution in [0.25, 0.3) is 0 Å². The van der Waals surface area contributed by atoms with Gasteiger partial charge in [-0.15, -0.1) is 0 Å². The molecule has 4 nitrogen and oxygen atoms in total. The quantitative estimate of drug-likeness (QED) is 0.868. The summed E-state index contributed by atoms with van der Waals surface area (Å²) < 4.78 is 0. The van der Waals surface area contributed by atoms with Gasteiger partial charge in [0.15, 0.2) is 0 Å². The Labute approximate surface area is 143 Å². The van der Waals surface area contributed by atoms with E-state index in [4.69, 9.17) is 5.73 Å². The second kappa shape index (κ2) is 5.91. The van der Waals surface area contributed by atoms with Crippen molar-refractivity contribution in [3.63, 3.8) is 0 Å². The summed E-state index contributed by atoms with van der Waals surface area (Å²) in [5.41, 5.74) is 6.18. The van der Waals surface area contributed by atoms with Crippen molar-refractivity contribution < 1.29 is 9.59 Å². The lowest BCUT2D eigenvalue weighted by molar-refractivity contribution is -0.144. The van der Waals surface area contributed by atoms with Crippen molar-refractivity contribution in [3.05, 3.63) is 35.9 Å². The van der Waals surface area contributed by atoms with E-state index in [9.17, 15) is 9.59 Å². The molecular formula is C20H26N2O2. The molecule has 24 heavy (non-hydrogen) atoms. The first-order valence-electron chi connectivity index (χ1n) is 9.18. The maximum atomic E-state index is 13.3. The summed E-state index contributed by atoms with van der Waals surface area (Å²) in [5.74, 6) is 2.59. The number of carbonyl (C=O) groups is 2. The lowest BCUT2D eigenvalue weighted by Gasteiger charge is -2.56. The van der Waals surface area contributed by atoms with Crippen LogP contribution < -0.4 is 11.1 Å². The first kappa shape index (κ1) is 15.7. The van der Waals surface area contributed by atoms with Gasteiger partial charge in [0.05, 0.1) is 6.04 Å². The molecule has 0 radical (unpaired) electrons. The molecule has 4 aliphatic carbocycles. The highest BCUT2D eigenvalue weighted by atomic mass is 16.2. The standard InChI is InChI=1S/C20H26N2O2/c21-19(24)22-17(16-4-2-1-3-5-16)9-18(23)20-10-13-6-14(11-20)8-15(7-13)12-20/h1-5,13-15,17H,6-12H2,(H3,21,22,24). The van der Waals surface area contributed by atoms with Gasteiger partial charge in [-0.1, -0.05) is 30.3 Å². The van der Waals surface area contributed by atoms with E-state index in [2.05, 4.69) is 5.32 Å². The van der Waals surface area contributed by atoms with Crippen molar-refractivity contribution in [3.8, 4) is 0 Å². The number of carbonyl (C=O) groups excluding carboxylic acids is 2. The summed E-state index contributed by atoms with van der Waals surface area (Å²) in [4.78, 5) is 24.7. The molecule has 4 heteroatoms. The number of urea groups is 1. The third kappa shape index (κ3) is 2.83. The Hall–Kier alpha value is -1.84. The molecule has 128 valence electrons. The van der Waals surface area contributed by atoms with Gasteiger partial charge in [0, 0.05) is 11.8 Å². The highest BCUT2D eigenvalue weighted by Crippen LogP contribution is 2.60. The van der Waals surface area contributed by atoms with E-state index in [1.165, 1.54) is 19.3 Å². The van der Waals surface area contributed by atoms with E-state index < -0.39 is 6.03 Å². The molecule has 0 saturated heterocycles. The Balaban J connectivity index is 1.54. The van der Waals surface area contributed by atoms with Gasteiger partial charge >= 0.3 is 6.03 Å². The maximum Gasteiger partial charge on any atom is 0.312 e. The highest BCUT2D eigenvalue weighted by molar-refractivity contribution is 5.86. The monoisotopic (exact) mass is 326 g/mol. The second-order valence-corrected chi connectivity index (χ2v) is 8.30. The second-order valence-electron chi connectivity index (χ2n) is 8.30. The number of nitrogens with two attached hydrogens (primary N) is 1. The Morgan fingerprint density at radius 1 is 1.04 bits per heavy atom. The molecule has 5 rings (SSSR count). The summed E-state index contributed by atoms with van der Waals surface area (Å²) in [6, 6.07) is 8.82. The van der Waals surface area contributed by atoms with Gasteiger partial charge in [-0.25, -0.2) is 4.79 Å². The molecule has 0 aliphatic heterocycles. The number of hydrogen-bond acceptors (Lipinski definition) is 2. The molecular weight excluding hydrogens is 300 g/mol. The van der Waals surface area contributed by atoms with Crippen molar-refractivity contribution in [2.24, 2.45) is 28.9 Å². The number of benzene rings is 1. The van der Waals surface area contributed by atoms with Crippen LogP contribution in [0.4, 0.5) is 4.79 Å². The van der Waals surface area contributed by atoms with Crippen LogP contribution in [-0.4, -0.2) is 11.8 Å². The molecule has 1 unspecified atom stereocenters. The van der Waals surface area contributed by atoms with Gasteiger partial charge in [-0.3, -0.25) is 4.79 Å². The normalized spacial score (nSPS) is 34.8. The third-order valence-electron chi connectivity index (χ3n) is 6.54. The van der Waals surface area contributed by atoms with Crippen LogP contribution in [0, 0.1) is 23.2 Å². The van der Waals surface area contributed by atoms with Crippen LogP contribution in [0.3, 0.4) is 0 Å². The molecule has 4 aliphatic rings. The number of Topliss-reactive ketones (excluding diaryl/α,β-unsaturated/α-hetero) is 1. The Bertz CT molecular complexity index is 605. The topological polar surface area (TPSA) is 72.2 Å². The smallest absolute Gasteiger partial charge is 0.312 e. The van der Waals surface area contributed by atoms with Crippen molar-refractivity contribution in [1.29, 1.82) is 0 Å². The number of hydrogen-bond donors (Lipinski definition) is 2. The van der Waals surface area contributed by atoms with E-state index in [0.29, 0.717) is 12.2 Å². The Morgan fingerprint density at radius 3 is 2.08 bits per heavy atom. The van der Waals surface area contributed by atoms with Gasteiger partial charge in [0.2, 0.25) is 0 Å². The minimum Gasteiger partial charge on any atom is -0.352 e. The fourth-order valence-corrected chi connectivity index (χ4v) is 5.96. The largest absolute Gasteiger partial charge is 0.352 e. The van der Waals surface area contributed by atoms with E-state index >= 15 is 0 Å². The molecule has 0 spiro atoms. The highest BCUT2D eigenvalue weighted by Gasteiger charge is 2.54. The van der Waals surface area contributed by atoms with Gasteiger partial charge in [-0.2, -0.15) is 0 Å². The van der Waals surface area contributed by atoms with E-state index in [-0.39, 0.29) is 11.5 Å². The number of primary amides is 1.